The number of anilines is 2. The Morgan fingerprint density at radius 2 is 2.00 bits per heavy atom. The minimum absolute atomic E-state index is 0.0287. The minimum atomic E-state index is -0.477. The zero-order chi connectivity index (χ0) is 15.5. The van der Waals surface area contributed by atoms with Crippen LogP contribution in [0, 0.1) is 5.82 Å². The Hall–Kier alpha value is -3.22. The Balaban J connectivity index is 1.82. The second-order valence-electron chi connectivity index (χ2n) is 4.43. The third-order valence-corrected chi connectivity index (χ3v) is 2.91. The van der Waals surface area contributed by atoms with Gasteiger partial charge in [-0.3, -0.25) is 4.79 Å². The van der Waals surface area contributed by atoms with Gasteiger partial charge in [-0.15, -0.1) is 0 Å². The molecular formula is C15H11FN4O2. The molecule has 0 saturated heterocycles. The van der Waals surface area contributed by atoms with Crippen molar-refractivity contribution in [3.63, 3.8) is 0 Å². The second-order valence-corrected chi connectivity index (χ2v) is 4.43. The number of rotatable bonds is 3. The maximum Gasteiger partial charge on any atom is 0.260 e. The van der Waals surface area contributed by atoms with E-state index in [-0.39, 0.29) is 17.2 Å². The summed E-state index contributed by atoms with van der Waals surface area (Å²) in [6.45, 7) is 0. The molecule has 1 aromatic carbocycles. The van der Waals surface area contributed by atoms with Crippen molar-refractivity contribution in [2.24, 2.45) is 0 Å². The summed E-state index contributed by atoms with van der Waals surface area (Å²) in [7, 11) is 0. The second kappa shape index (κ2) is 5.65. The zero-order valence-electron chi connectivity index (χ0n) is 11.3. The number of carbonyl (C=O) groups excluding carboxylic acids is 1. The van der Waals surface area contributed by atoms with E-state index in [0.29, 0.717) is 17.3 Å². The van der Waals surface area contributed by atoms with Crippen molar-refractivity contribution in [3.8, 4) is 11.6 Å². The lowest BCUT2D eigenvalue weighted by Gasteiger charge is -2.07. The molecule has 0 fully saturated rings. The molecule has 7 heteroatoms. The molecule has 22 heavy (non-hydrogen) atoms. The van der Waals surface area contributed by atoms with Gasteiger partial charge >= 0.3 is 0 Å². The highest BCUT2D eigenvalue weighted by atomic mass is 19.1. The number of nitrogens with one attached hydrogen (secondary N) is 1. The van der Waals surface area contributed by atoms with Crippen LogP contribution in [-0.2, 0) is 0 Å². The number of benzene rings is 1. The van der Waals surface area contributed by atoms with Gasteiger partial charge in [-0.1, -0.05) is 0 Å². The number of amides is 1. The van der Waals surface area contributed by atoms with E-state index in [2.05, 4.69) is 15.3 Å². The van der Waals surface area contributed by atoms with E-state index in [1.807, 2.05) is 0 Å². The molecule has 0 bridgehead atoms. The van der Waals surface area contributed by atoms with Crippen LogP contribution in [0.25, 0.3) is 11.6 Å². The smallest absolute Gasteiger partial charge is 0.260 e. The van der Waals surface area contributed by atoms with Crippen LogP contribution in [0.2, 0.25) is 0 Å². The molecular weight excluding hydrogens is 287 g/mol. The number of aromatic nitrogens is 2. The van der Waals surface area contributed by atoms with E-state index in [4.69, 9.17) is 10.2 Å². The zero-order valence-corrected chi connectivity index (χ0v) is 11.3. The van der Waals surface area contributed by atoms with Crippen LogP contribution in [0.3, 0.4) is 0 Å². The van der Waals surface area contributed by atoms with Crippen LogP contribution in [0.4, 0.5) is 15.9 Å². The Labute approximate surface area is 124 Å². The predicted molar refractivity (Wildman–Crippen MR) is 78.5 cm³/mol. The third-order valence-electron chi connectivity index (χ3n) is 2.91. The molecule has 0 radical (unpaired) electrons. The molecule has 0 saturated carbocycles. The Morgan fingerprint density at radius 3 is 2.64 bits per heavy atom. The average molecular weight is 298 g/mol. The van der Waals surface area contributed by atoms with Gasteiger partial charge in [0, 0.05) is 11.9 Å². The van der Waals surface area contributed by atoms with E-state index in [1.165, 1.54) is 36.7 Å². The van der Waals surface area contributed by atoms with Crippen LogP contribution in [0.15, 0.2) is 53.3 Å². The topological polar surface area (TPSA) is 94.0 Å². The van der Waals surface area contributed by atoms with Gasteiger partial charge in [0.05, 0.1) is 6.26 Å². The number of hydrogen-bond acceptors (Lipinski definition) is 5. The molecule has 0 aliphatic carbocycles. The molecule has 0 aliphatic heterocycles. The summed E-state index contributed by atoms with van der Waals surface area (Å²) in [6.07, 6.45) is 2.81. The molecule has 2 heterocycles. The summed E-state index contributed by atoms with van der Waals surface area (Å²) in [4.78, 5) is 20.2. The van der Waals surface area contributed by atoms with Crippen molar-refractivity contribution in [1.29, 1.82) is 0 Å². The molecule has 110 valence electrons. The van der Waals surface area contributed by atoms with Gasteiger partial charge in [0.25, 0.3) is 5.91 Å². The number of hydrogen-bond donors (Lipinski definition) is 2. The van der Waals surface area contributed by atoms with Crippen molar-refractivity contribution in [2.45, 2.75) is 0 Å². The van der Waals surface area contributed by atoms with Crippen molar-refractivity contribution in [1.82, 2.24) is 9.97 Å². The fourth-order valence-corrected chi connectivity index (χ4v) is 1.83. The van der Waals surface area contributed by atoms with Crippen molar-refractivity contribution < 1.29 is 13.6 Å². The predicted octanol–water partition coefficient (Wildman–Crippen LogP) is 2.71. The molecule has 3 aromatic rings. The van der Waals surface area contributed by atoms with Gasteiger partial charge in [0.1, 0.15) is 17.2 Å². The number of nitrogens with two attached hydrogens (primary N) is 1. The maximum atomic E-state index is 12.8. The fourth-order valence-electron chi connectivity index (χ4n) is 1.83. The average Bonchev–Trinajstić information content (AvgIpc) is 3.03. The van der Waals surface area contributed by atoms with E-state index in [1.54, 1.807) is 12.1 Å². The van der Waals surface area contributed by atoms with Crippen LogP contribution in [0.1, 0.15) is 10.4 Å². The van der Waals surface area contributed by atoms with Crippen LogP contribution in [0.5, 0.6) is 0 Å². The number of halogens is 1. The first-order valence-corrected chi connectivity index (χ1v) is 6.37. The first-order valence-electron chi connectivity index (χ1n) is 6.37. The lowest BCUT2D eigenvalue weighted by Crippen LogP contribution is -2.15. The van der Waals surface area contributed by atoms with Gasteiger partial charge in [0.2, 0.25) is 0 Å². The summed E-state index contributed by atoms with van der Waals surface area (Å²) in [6, 6.07) is 8.77. The van der Waals surface area contributed by atoms with E-state index < -0.39 is 5.91 Å². The third kappa shape index (κ3) is 2.78. The standard InChI is InChI=1S/C15H11FN4O2/c16-9-3-5-10(6-4-9)19-15(21)11-8-18-14(20-13(11)17)12-2-1-7-22-12/h1-8H,(H,19,21)(H2,17,18,20). The van der Waals surface area contributed by atoms with E-state index in [9.17, 15) is 9.18 Å². The Morgan fingerprint density at radius 1 is 1.23 bits per heavy atom. The van der Waals surface area contributed by atoms with Crippen molar-refractivity contribution in [2.75, 3.05) is 11.1 Å². The van der Waals surface area contributed by atoms with Crippen LogP contribution in [-0.4, -0.2) is 15.9 Å². The Bertz CT molecular complexity index is 801. The minimum Gasteiger partial charge on any atom is -0.461 e. The van der Waals surface area contributed by atoms with Gasteiger partial charge < -0.3 is 15.5 Å². The summed E-state index contributed by atoms with van der Waals surface area (Å²) < 4.78 is 18.0. The maximum absolute atomic E-state index is 12.8. The highest BCUT2D eigenvalue weighted by molar-refractivity contribution is 6.07. The molecule has 0 unspecified atom stereocenters. The number of nitrogens with zero attached hydrogens (tertiary/aromatic N) is 2. The summed E-state index contributed by atoms with van der Waals surface area (Å²) in [5.41, 5.74) is 6.36. The lowest BCUT2D eigenvalue weighted by molar-refractivity contribution is 0.102. The van der Waals surface area contributed by atoms with Gasteiger partial charge in [-0.05, 0) is 36.4 Å². The van der Waals surface area contributed by atoms with Crippen LogP contribution < -0.4 is 11.1 Å². The monoisotopic (exact) mass is 298 g/mol. The normalized spacial score (nSPS) is 10.4. The van der Waals surface area contributed by atoms with E-state index >= 15 is 0 Å². The molecule has 0 aliphatic rings. The molecule has 1 amide bonds. The largest absolute Gasteiger partial charge is 0.461 e. The first kappa shape index (κ1) is 13.7. The first-order chi connectivity index (χ1) is 10.6. The Kier molecular flexibility index (Phi) is 3.53. The number of carbonyl (C=O) groups is 1. The molecule has 0 atom stereocenters. The highest BCUT2D eigenvalue weighted by Crippen LogP contribution is 2.19. The molecule has 3 N–H and O–H groups in total. The highest BCUT2D eigenvalue weighted by Gasteiger charge is 2.14. The van der Waals surface area contributed by atoms with E-state index in [0.717, 1.165) is 0 Å². The fraction of sp³-hybridized carbons (Fsp3) is 0. The SMILES string of the molecule is Nc1nc(-c2ccco2)ncc1C(=O)Nc1ccc(F)cc1. The summed E-state index contributed by atoms with van der Waals surface area (Å²) >= 11 is 0. The summed E-state index contributed by atoms with van der Waals surface area (Å²) in [5.74, 6) is -0.0854. The van der Waals surface area contributed by atoms with Crippen molar-refractivity contribution >= 4 is 17.4 Å². The van der Waals surface area contributed by atoms with Gasteiger partial charge in [-0.2, -0.15) is 0 Å². The van der Waals surface area contributed by atoms with Gasteiger partial charge in [0.15, 0.2) is 11.6 Å². The lowest BCUT2D eigenvalue weighted by atomic mass is 10.2. The summed E-state index contributed by atoms with van der Waals surface area (Å²) in [5, 5.41) is 2.59. The van der Waals surface area contributed by atoms with Crippen LogP contribution >= 0.6 is 0 Å². The molecule has 3 rings (SSSR count). The number of nitrogen functional groups attached to an aromatic ring is 1. The quantitative estimate of drug-likeness (QED) is 0.775. The number of furan rings is 1. The molecule has 6 nitrogen and oxygen atoms in total. The molecule has 2 aromatic heterocycles. The van der Waals surface area contributed by atoms with Gasteiger partial charge in [-0.25, -0.2) is 14.4 Å². The van der Waals surface area contributed by atoms with Crippen molar-refractivity contribution in [3.05, 3.63) is 60.2 Å². The molecule has 0 spiro atoms.